The number of rotatable bonds is 23. The van der Waals surface area contributed by atoms with Gasteiger partial charge in [-0.15, -0.1) is 0 Å². The number of hydrogen-bond donors (Lipinski definition) is 12. The van der Waals surface area contributed by atoms with Crippen LogP contribution in [-0.4, -0.2) is 188 Å². The van der Waals surface area contributed by atoms with E-state index in [2.05, 4.69) is 63.3 Å². The van der Waals surface area contributed by atoms with Crippen LogP contribution in [0.2, 0.25) is 0 Å². The molecule has 2 aliphatic rings. The number of hydrogen-bond acceptors (Lipinski definition) is 30. The maximum absolute atomic E-state index is 13.8. The molecule has 0 aliphatic carbocycles. The highest BCUT2D eigenvalue weighted by atomic mass is 31.3. The summed E-state index contributed by atoms with van der Waals surface area (Å²) in [5.74, 6) is -0.129. The Hall–Kier alpha value is -4.95. The molecule has 0 radical (unpaired) electrons. The maximum Gasteiger partial charge on any atom is 0.490 e. The van der Waals surface area contributed by atoms with Gasteiger partial charge in [0, 0.05) is 22.7 Å². The highest BCUT2D eigenvalue weighted by Gasteiger charge is 2.50. The minimum atomic E-state index is -6.18. The Morgan fingerprint density at radius 3 is 1.86 bits per heavy atom. The molecular weight excluding hydrogens is 1090 g/mol. The smallest absolute Gasteiger partial charge is 0.387 e. The summed E-state index contributed by atoms with van der Waals surface area (Å²) in [6, 6.07) is 0. The number of nitrogens with zero attached hydrogens (tertiary/aromatic N) is 11. The normalized spacial score (nSPS) is 26.9. The fourth-order valence-electron chi connectivity index (χ4n) is 7.62. The summed E-state index contributed by atoms with van der Waals surface area (Å²) in [5, 5.41) is 45.9. The second-order valence-electron chi connectivity index (χ2n) is 15.6. The van der Waals surface area contributed by atoms with Crippen molar-refractivity contribution in [2.75, 3.05) is 57.9 Å². The topological polar surface area (TPSA) is 537 Å². The Bertz CT molecular complexity index is 3260. The van der Waals surface area contributed by atoms with E-state index in [-0.39, 0.29) is 52.5 Å². The van der Waals surface area contributed by atoms with Crippen LogP contribution in [0.1, 0.15) is 20.1 Å². The molecule has 14 N–H and O–H groups in total. The number of phosphoric ester groups is 3. The molecule has 6 aromatic rings. The van der Waals surface area contributed by atoms with E-state index >= 15 is 0 Å². The number of aliphatic hydroxyl groups excluding tert-OH is 4. The lowest BCUT2D eigenvalue weighted by Crippen LogP contribution is -2.42. The third kappa shape index (κ3) is 11.6. The zero-order valence-electron chi connectivity index (χ0n) is 37.9. The number of fused-ring (bicyclic) bond motifs is 3. The van der Waals surface area contributed by atoms with Crippen molar-refractivity contribution in [2.45, 2.75) is 67.5 Å². The van der Waals surface area contributed by atoms with Gasteiger partial charge in [0.15, 0.2) is 52.8 Å². The van der Waals surface area contributed by atoms with Crippen molar-refractivity contribution in [1.82, 2.24) is 58.6 Å². The number of anilines is 3. The van der Waals surface area contributed by atoms with E-state index in [0.29, 0.717) is 0 Å². The van der Waals surface area contributed by atoms with Gasteiger partial charge in [0.2, 0.25) is 5.95 Å². The Kier molecular flexibility index (Phi) is 16.1. The minimum absolute atomic E-state index is 0. The van der Waals surface area contributed by atoms with Gasteiger partial charge < -0.3 is 75.7 Å². The third-order valence-electron chi connectivity index (χ3n) is 11.0. The molecule has 0 bridgehead atoms. The van der Waals surface area contributed by atoms with Crippen LogP contribution in [0.3, 0.4) is 0 Å². The van der Waals surface area contributed by atoms with Crippen molar-refractivity contribution in [1.29, 1.82) is 0 Å². The third-order valence-corrected chi connectivity index (χ3v) is 16.2. The van der Waals surface area contributed by atoms with E-state index < -0.39 is 124 Å². The zero-order valence-corrected chi connectivity index (χ0v) is 41.5. The van der Waals surface area contributed by atoms with Crippen molar-refractivity contribution >= 4 is 82.4 Å². The highest BCUT2D eigenvalue weighted by molar-refractivity contribution is 7.66. The fourth-order valence-corrected chi connectivity index (χ4v) is 12.1. The molecule has 15 atom stereocenters. The van der Waals surface area contributed by atoms with Crippen molar-refractivity contribution in [2.24, 2.45) is 0 Å². The molecule has 38 nitrogen and oxygen atoms in total. The van der Waals surface area contributed by atoms with Crippen LogP contribution < -0.4 is 22.3 Å². The minimum Gasteiger partial charge on any atom is -0.387 e. The quantitative estimate of drug-likeness (QED) is 0.0296. The number of aliphatic hydroxyl groups is 4. The second-order valence-corrected chi connectivity index (χ2v) is 21.7. The van der Waals surface area contributed by atoms with Crippen LogP contribution in [0.25, 0.3) is 33.5 Å². The number of phosphoric acid groups is 4. The van der Waals surface area contributed by atoms with Crippen LogP contribution in [-0.2, 0) is 63.9 Å². The van der Waals surface area contributed by atoms with Crippen molar-refractivity contribution in [3.8, 4) is 0 Å². The molecule has 74 heavy (non-hydrogen) atoms. The van der Waals surface area contributed by atoms with E-state index in [0.717, 1.165) is 55.0 Å². The number of aromatic amines is 1. The van der Waals surface area contributed by atoms with Gasteiger partial charge >= 0.3 is 31.3 Å². The molecular formula is C32H47N15O23P4. The number of methoxy groups -OCH3 is 2. The van der Waals surface area contributed by atoms with Crippen molar-refractivity contribution < 1.29 is 105 Å². The molecule has 0 amide bonds. The SMILES string of the molecule is CNc1ncnc2c1ncn2C(OC)C(OP(=O)(O)OCC1OC(n2cnc3c(=O)[nH]c(N)nc32)C(O)C1O)C(COP(=O)(O)OP(=O)(O)OP(=O)(O)OCC1OC(n2cnc3c(N)ncnc32)C(O)C1O)OC.[HH]. The van der Waals surface area contributed by atoms with Crippen molar-refractivity contribution in [3.05, 3.63) is 42.0 Å². The first kappa shape index (κ1) is 55.3. The van der Waals surface area contributed by atoms with E-state index in [9.17, 15) is 63.1 Å². The van der Waals surface area contributed by atoms with Gasteiger partial charge in [-0.3, -0.25) is 41.6 Å². The van der Waals surface area contributed by atoms with E-state index in [1.54, 1.807) is 0 Å². The van der Waals surface area contributed by atoms with Crippen LogP contribution in [0, 0.1) is 0 Å². The fraction of sp³-hybridized carbons (Fsp3) is 0.531. The van der Waals surface area contributed by atoms with E-state index in [1.807, 2.05) is 0 Å². The molecule has 8 heterocycles. The first-order valence-corrected chi connectivity index (χ1v) is 26.8. The summed E-state index contributed by atoms with van der Waals surface area (Å²) < 4.78 is 107. The molecule has 2 saturated heterocycles. The number of imidazole rings is 3. The molecule has 42 heteroatoms. The predicted octanol–water partition coefficient (Wildman–Crippen LogP) is -2.48. The summed E-state index contributed by atoms with van der Waals surface area (Å²) in [4.78, 5) is 89.2. The largest absolute Gasteiger partial charge is 0.490 e. The Morgan fingerprint density at radius 2 is 1.26 bits per heavy atom. The van der Waals surface area contributed by atoms with Gasteiger partial charge in [-0.05, 0) is 0 Å². The van der Waals surface area contributed by atoms with Gasteiger partial charge in [-0.2, -0.15) is 13.6 Å². The van der Waals surface area contributed by atoms with E-state index in [4.69, 9.17) is 44.0 Å². The average Bonchev–Trinajstić information content (AvgIpc) is 4.16. The molecule has 0 saturated carbocycles. The first-order valence-electron chi connectivity index (χ1n) is 20.8. The average molecular weight is 1130 g/mol. The summed E-state index contributed by atoms with van der Waals surface area (Å²) >= 11 is 0. The van der Waals surface area contributed by atoms with Gasteiger partial charge in [-0.1, -0.05) is 0 Å². The second kappa shape index (κ2) is 21.6. The Labute approximate surface area is 413 Å². The molecule has 408 valence electrons. The standard InChI is InChI=1S/C32H45N15O23P4.H2/c1-35-24-16-26(39-8-37-24)46(10-41-16)31(62-3)22(68-71(53,54)63-4-12-18(48)21(51)30(67-12)47-11-42-17-27(47)43-32(34)44-28(17)52)14(61-2)6-65-73(57,58)70-74(59,60)69-72(55,56)64-5-13-19(49)20(50)29(66-13)45-9-40-15-23(33)36-7-38-25(15)45;/h7-14,18-22,29-31,48-51H,4-6H2,1-3H3,(H,53,54)(H,55,56)(H,57,58)(H,59,60)(H2,33,36,38)(H,35,37,39)(H3,34,43,44,52);1H. The molecule has 2 fully saturated rings. The Balaban J connectivity index is 0.00000820. The number of aromatic nitrogens is 12. The number of H-pyrrole nitrogens is 1. The molecule has 8 rings (SSSR count). The number of nitrogens with two attached hydrogens (primary N) is 2. The summed E-state index contributed by atoms with van der Waals surface area (Å²) in [7, 11) is -19.9. The van der Waals surface area contributed by atoms with E-state index in [1.165, 1.54) is 11.6 Å². The van der Waals surface area contributed by atoms with Gasteiger partial charge in [0.1, 0.15) is 72.5 Å². The van der Waals surface area contributed by atoms with Crippen LogP contribution >= 0.6 is 31.3 Å². The van der Waals surface area contributed by atoms with Gasteiger partial charge in [0.25, 0.3) is 5.56 Å². The number of nitrogens with one attached hydrogen (secondary N) is 2. The highest BCUT2D eigenvalue weighted by Crippen LogP contribution is 2.68. The van der Waals surface area contributed by atoms with Crippen LogP contribution in [0.5, 0.6) is 0 Å². The van der Waals surface area contributed by atoms with Gasteiger partial charge in [-0.25, -0.2) is 53.1 Å². The maximum atomic E-state index is 13.8. The molecule has 0 spiro atoms. The van der Waals surface area contributed by atoms with Crippen LogP contribution in [0.4, 0.5) is 17.6 Å². The predicted molar refractivity (Wildman–Crippen MR) is 242 cm³/mol. The summed E-state index contributed by atoms with van der Waals surface area (Å²) in [6.07, 6.45) is -13.4. The molecule has 0 aromatic carbocycles. The number of nitrogen functional groups attached to an aromatic ring is 2. The summed E-state index contributed by atoms with van der Waals surface area (Å²) in [6.45, 7) is -3.39. The monoisotopic (exact) mass is 1130 g/mol. The lowest BCUT2D eigenvalue weighted by Gasteiger charge is -2.33. The number of ether oxygens (including phenoxy) is 4. The lowest BCUT2D eigenvalue weighted by atomic mass is 10.1. The lowest BCUT2D eigenvalue weighted by molar-refractivity contribution is -0.127. The molecule has 15 unspecified atom stereocenters. The van der Waals surface area contributed by atoms with Gasteiger partial charge in [0.05, 0.1) is 38.8 Å². The van der Waals surface area contributed by atoms with Crippen LogP contribution in [0.15, 0.2) is 36.4 Å². The Morgan fingerprint density at radius 1 is 0.703 bits per heavy atom. The molecule has 6 aromatic heterocycles. The summed E-state index contributed by atoms with van der Waals surface area (Å²) in [5.41, 5.74) is 10.7. The zero-order chi connectivity index (χ0) is 53.7. The first-order chi connectivity index (χ1) is 34.9. The molecule has 2 aliphatic heterocycles. The van der Waals surface area contributed by atoms with Crippen molar-refractivity contribution in [3.63, 3.8) is 0 Å².